The summed E-state index contributed by atoms with van der Waals surface area (Å²) in [6, 6.07) is 11.9. The second-order valence-corrected chi connectivity index (χ2v) is 7.56. The Labute approximate surface area is 168 Å². The molecule has 0 amide bonds. The summed E-state index contributed by atoms with van der Waals surface area (Å²) in [5, 5.41) is 0.634. The van der Waals surface area contributed by atoms with Gasteiger partial charge in [-0.1, -0.05) is 23.7 Å². The molecule has 0 atom stereocenters. The maximum Gasteiger partial charge on any atom is 0.255 e. The number of nitrogens with zero attached hydrogens (tertiary/aromatic N) is 1. The summed E-state index contributed by atoms with van der Waals surface area (Å²) in [5.41, 5.74) is 4.36. The molecule has 0 fully saturated rings. The molecule has 4 rings (SSSR count). The van der Waals surface area contributed by atoms with E-state index in [0.29, 0.717) is 27.6 Å². The maximum atomic E-state index is 15.1. The molecule has 1 aromatic heterocycles. The second-order valence-electron chi connectivity index (χ2n) is 7.15. The van der Waals surface area contributed by atoms with Crippen LogP contribution in [0.3, 0.4) is 0 Å². The largest absolute Gasteiger partial charge is 0.495 e. The highest BCUT2D eigenvalue weighted by Gasteiger charge is 2.20. The van der Waals surface area contributed by atoms with Crippen LogP contribution in [0, 0.1) is 12.7 Å². The minimum absolute atomic E-state index is 0.173. The summed E-state index contributed by atoms with van der Waals surface area (Å²) in [4.78, 5) is 12.7. The van der Waals surface area contributed by atoms with E-state index in [9.17, 15) is 4.79 Å². The monoisotopic (exact) mass is 397 g/mol. The van der Waals surface area contributed by atoms with E-state index in [-0.39, 0.29) is 5.56 Å². The van der Waals surface area contributed by atoms with E-state index in [1.165, 1.54) is 13.2 Å². The number of hydrogen-bond acceptors (Lipinski definition) is 2. The van der Waals surface area contributed by atoms with Gasteiger partial charge in [0.15, 0.2) is 0 Å². The first kappa shape index (κ1) is 18.8. The van der Waals surface area contributed by atoms with Crippen molar-refractivity contribution in [3.05, 3.63) is 80.5 Å². The number of ether oxygens (including phenoxy) is 1. The molecular formula is C23H21ClFNO2. The lowest BCUT2D eigenvalue weighted by Crippen LogP contribution is -2.25. The van der Waals surface area contributed by atoms with Crippen LogP contribution < -0.4 is 10.3 Å². The van der Waals surface area contributed by atoms with E-state index in [1.54, 1.807) is 28.8 Å². The van der Waals surface area contributed by atoms with Gasteiger partial charge >= 0.3 is 0 Å². The predicted molar refractivity (Wildman–Crippen MR) is 110 cm³/mol. The van der Waals surface area contributed by atoms with Crippen LogP contribution >= 0.6 is 11.6 Å². The van der Waals surface area contributed by atoms with Crippen LogP contribution in [0.2, 0.25) is 5.02 Å². The molecule has 1 aliphatic rings. The molecule has 0 saturated heterocycles. The van der Waals surface area contributed by atoms with Gasteiger partial charge in [0.05, 0.1) is 12.8 Å². The molecule has 144 valence electrons. The number of halogens is 2. The highest BCUT2D eigenvalue weighted by atomic mass is 35.5. The number of rotatable bonds is 3. The van der Waals surface area contributed by atoms with Crippen molar-refractivity contribution in [2.24, 2.45) is 0 Å². The van der Waals surface area contributed by atoms with Crippen molar-refractivity contribution in [1.82, 2.24) is 4.57 Å². The molecule has 0 aliphatic heterocycles. The Morgan fingerprint density at radius 1 is 1.07 bits per heavy atom. The number of aryl methyl sites for hydroxylation is 2. The van der Waals surface area contributed by atoms with Crippen LogP contribution in [0.25, 0.3) is 16.8 Å². The standard InChI is InChI=1S/C23H21ClFNO2/c1-14-11-16(7-9-18(14)24)17-12-22(28-2)21(13-19(17)25)26-20-6-4-3-5-15(20)8-10-23(26)27/h7-13H,3-6H2,1-2H3. The summed E-state index contributed by atoms with van der Waals surface area (Å²) < 4.78 is 22.3. The van der Waals surface area contributed by atoms with Crippen LogP contribution in [0.4, 0.5) is 4.39 Å². The molecule has 0 bridgehead atoms. The number of hydrogen-bond donors (Lipinski definition) is 0. The molecule has 0 spiro atoms. The van der Waals surface area contributed by atoms with E-state index in [2.05, 4.69) is 0 Å². The average molecular weight is 398 g/mol. The topological polar surface area (TPSA) is 31.2 Å². The molecule has 3 nitrogen and oxygen atoms in total. The molecule has 0 unspecified atom stereocenters. The van der Waals surface area contributed by atoms with Gasteiger partial charge in [0, 0.05) is 28.4 Å². The smallest absolute Gasteiger partial charge is 0.255 e. The van der Waals surface area contributed by atoms with Gasteiger partial charge in [-0.25, -0.2) is 4.39 Å². The fraction of sp³-hybridized carbons (Fsp3) is 0.261. The Balaban J connectivity index is 1.92. The maximum absolute atomic E-state index is 15.1. The number of methoxy groups -OCH3 is 1. The Bertz CT molecular complexity index is 1120. The van der Waals surface area contributed by atoms with Crippen molar-refractivity contribution >= 4 is 11.6 Å². The van der Waals surface area contributed by atoms with Gasteiger partial charge in [0.25, 0.3) is 5.56 Å². The van der Waals surface area contributed by atoms with Crippen molar-refractivity contribution in [2.45, 2.75) is 32.6 Å². The van der Waals surface area contributed by atoms with Gasteiger partial charge < -0.3 is 4.74 Å². The lowest BCUT2D eigenvalue weighted by molar-refractivity contribution is 0.411. The minimum atomic E-state index is -0.405. The fourth-order valence-corrected chi connectivity index (χ4v) is 4.02. The highest BCUT2D eigenvalue weighted by Crippen LogP contribution is 2.35. The van der Waals surface area contributed by atoms with Gasteiger partial charge in [0.2, 0.25) is 0 Å². The minimum Gasteiger partial charge on any atom is -0.495 e. The van der Waals surface area contributed by atoms with E-state index in [1.807, 2.05) is 19.1 Å². The summed E-state index contributed by atoms with van der Waals surface area (Å²) in [6.07, 6.45) is 3.85. The van der Waals surface area contributed by atoms with Gasteiger partial charge in [-0.3, -0.25) is 9.36 Å². The SMILES string of the molecule is COc1cc(-c2ccc(Cl)c(C)c2)c(F)cc1-n1c2c(ccc1=O)CCCC2. The molecule has 0 radical (unpaired) electrons. The van der Waals surface area contributed by atoms with Gasteiger partial charge in [0.1, 0.15) is 11.6 Å². The van der Waals surface area contributed by atoms with Gasteiger partial charge in [-0.2, -0.15) is 0 Å². The first-order valence-electron chi connectivity index (χ1n) is 9.38. The Morgan fingerprint density at radius 3 is 2.61 bits per heavy atom. The zero-order valence-electron chi connectivity index (χ0n) is 15.9. The molecule has 1 aliphatic carbocycles. The molecular weight excluding hydrogens is 377 g/mol. The van der Waals surface area contributed by atoms with Gasteiger partial charge in [-0.15, -0.1) is 0 Å². The van der Waals surface area contributed by atoms with Crippen LogP contribution in [0.1, 0.15) is 29.7 Å². The third-order valence-corrected chi connectivity index (χ3v) is 5.80. The van der Waals surface area contributed by atoms with Crippen LogP contribution in [0.5, 0.6) is 5.75 Å². The first-order chi connectivity index (χ1) is 13.5. The fourth-order valence-electron chi connectivity index (χ4n) is 3.91. The summed E-state index contributed by atoms with van der Waals surface area (Å²) in [7, 11) is 1.54. The molecule has 0 saturated carbocycles. The summed E-state index contributed by atoms with van der Waals surface area (Å²) in [6.45, 7) is 1.88. The van der Waals surface area contributed by atoms with Crippen molar-refractivity contribution < 1.29 is 9.13 Å². The van der Waals surface area contributed by atoms with Crippen LogP contribution in [-0.4, -0.2) is 11.7 Å². The normalized spacial score (nSPS) is 13.3. The number of benzene rings is 2. The molecule has 3 aromatic rings. The van der Waals surface area contributed by atoms with Crippen molar-refractivity contribution in [3.63, 3.8) is 0 Å². The van der Waals surface area contributed by atoms with Crippen LogP contribution in [-0.2, 0) is 12.8 Å². The number of pyridine rings is 1. The number of fused-ring (bicyclic) bond motifs is 1. The third kappa shape index (κ3) is 3.22. The lowest BCUT2D eigenvalue weighted by Gasteiger charge is -2.22. The lowest BCUT2D eigenvalue weighted by atomic mass is 9.95. The molecule has 28 heavy (non-hydrogen) atoms. The quantitative estimate of drug-likeness (QED) is 0.585. The van der Waals surface area contributed by atoms with E-state index in [0.717, 1.165) is 42.5 Å². The zero-order valence-corrected chi connectivity index (χ0v) is 16.6. The molecule has 0 N–H and O–H groups in total. The first-order valence-corrected chi connectivity index (χ1v) is 9.75. The van der Waals surface area contributed by atoms with Crippen molar-refractivity contribution in [1.29, 1.82) is 0 Å². The van der Waals surface area contributed by atoms with Gasteiger partial charge in [-0.05, 0) is 67.5 Å². The highest BCUT2D eigenvalue weighted by molar-refractivity contribution is 6.31. The van der Waals surface area contributed by atoms with Crippen LogP contribution in [0.15, 0.2) is 47.3 Å². The molecule has 5 heteroatoms. The average Bonchev–Trinajstić information content (AvgIpc) is 2.70. The summed E-state index contributed by atoms with van der Waals surface area (Å²) in [5.74, 6) is 0.0583. The van der Waals surface area contributed by atoms with Crippen molar-refractivity contribution in [2.75, 3.05) is 7.11 Å². The van der Waals surface area contributed by atoms with E-state index < -0.39 is 5.82 Å². The van der Waals surface area contributed by atoms with E-state index in [4.69, 9.17) is 16.3 Å². The molecule has 2 aromatic carbocycles. The Hall–Kier alpha value is -2.59. The third-order valence-electron chi connectivity index (χ3n) is 5.38. The molecule has 1 heterocycles. The zero-order chi connectivity index (χ0) is 19.8. The Morgan fingerprint density at radius 2 is 1.86 bits per heavy atom. The second kappa shape index (κ2) is 7.44. The Kier molecular flexibility index (Phi) is 4.98. The van der Waals surface area contributed by atoms with Crippen molar-refractivity contribution in [3.8, 4) is 22.6 Å². The van der Waals surface area contributed by atoms with E-state index >= 15 is 4.39 Å². The predicted octanol–water partition coefficient (Wildman–Crippen LogP) is 5.49. The summed E-state index contributed by atoms with van der Waals surface area (Å²) >= 11 is 6.10. The number of aromatic nitrogens is 1.